The SMILES string of the molecule is C[C@@H]1CNCCc2ccc(N[C@H](C)c3ccccc3)cc21. The lowest BCUT2D eigenvalue weighted by atomic mass is 9.94. The van der Waals surface area contributed by atoms with Crippen molar-refractivity contribution in [1.82, 2.24) is 5.32 Å². The molecular formula is C19H24N2. The molecule has 0 bridgehead atoms. The van der Waals surface area contributed by atoms with Crippen LogP contribution in [0.15, 0.2) is 48.5 Å². The molecule has 0 amide bonds. The Labute approximate surface area is 127 Å². The van der Waals surface area contributed by atoms with E-state index in [9.17, 15) is 0 Å². The predicted octanol–water partition coefficient (Wildman–Crippen LogP) is 4.11. The Morgan fingerprint density at radius 2 is 1.95 bits per heavy atom. The van der Waals surface area contributed by atoms with E-state index in [-0.39, 0.29) is 0 Å². The van der Waals surface area contributed by atoms with E-state index in [0.29, 0.717) is 12.0 Å². The van der Waals surface area contributed by atoms with Crippen molar-refractivity contribution in [3.8, 4) is 0 Å². The van der Waals surface area contributed by atoms with Gasteiger partial charge in [-0.15, -0.1) is 0 Å². The molecule has 0 spiro atoms. The van der Waals surface area contributed by atoms with Gasteiger partial charge in [-0.3, -0.25) is 0 Å². The summed E-state index contributed by atoms with van der Waals surface area (Å²) in [7, 11) is 0. The van der Waals surface area contributed by atoms with E-state index in [2.05, 4.69) is 73.0 Å². The van der Waals surface area contributed by atoms with Gasteiger partial charge in [-0.05, 0) is 54.6 Å². The van der Waals surface area contributed by atoms with Crippen molar-refractivity contribution in [2.24, 2.45) is 0 Å². The van der Waals surface area contributed by atoms with Crippen LogP contribution in [-0.2, 0) is 6.42 Å². The first-order valence-electron chi connectivity index (χ1n) is 7.89. The molecule has 2 nitrogen and oxygen atoms in total. The van der Waals surface area contributed by atoms with Gasteiger partial charge in [0.15, 0.2) is 0 Å². The van der Waals surface area contributed by atoms with Crippen molar-refractivity contribution in [1.29, 1.82) is 0 Å². The Morgan fingerprint density at radius 3 is 2.76 bits per heavy atom. The lowest BCUT2D eigenvalue weighted by molar-refractivity contribution is 0.644. The van der Waals surface area contributed by atoms with Crippen LogP contribution < -0.4 is 10.6 Å². The Balaban J connectivity index is 1.80. The van der Waals surface area contributed by atoms with Crippen molar-refractivity contribution in [2.75, 3.05) is 18.4 Å². The Morgan fingerprint density at radius 1 is 1.14 bits per heavy atom. The molecule has 1 aliphatic rings. The smallest absolute Gasteiger partial charge is 0.0485 e. The number of benzene rings is 2. The minimum absolute atomic E-state index is 0.323. The van der Waals surface area contributed by atoms with E-state index >= 15 is 0 Å². The molecule has 0 aliphatic carbocycles. The molecule has 3 rings (SSSR count). The third kappa shape index (κ3) is 3.27. The van der Waals surface area contributed by atoms with Crippen LogP contribution in [0, 0.1) is 0 Å². The van der Waals surface area contributed by atoms with Crippen LogP contribution in [0.3, 0.4) is 0 Å². The Hall–Kier alpha value is -1.80. The summed E-state index contributed by atoms with van der Waals surface area (Å²) in [5.74, 6) is 0.580. The van der Waals surface area contributed by atoms with Crippen molar-refractivity contribution >= 4 is 5.69 Å². The van der Waals surface area contributed by atoms with Crippen LogP contribution in [0.2, 0.25) is 0 Å². The zero-order chi connectivity index (χ0) is 14.7. The Bertz CT molecular complexity index is 592. The van der Waals surface area contributed by atoms with Gasteiger partial charge >= 0.3 is 0 Å². The van der Waals surface area contributed by atoms with Gasteiger partial charge in [0, 0.05) is 18.3 Å². The van der Waals surface area contributed by atoms with Crippen LogP contribution >= 0.6 is 0 Å². The maximum atomic E-state index is 3.63. The minimum Gasteiger partial charge on any atom is -0.379 e. The quantitative estimate of drug-likeness (QED) is 0.884. The second-order valence-electron chi connectivity index (χ2n) is 6.05. The van der Waals surface area contributed by atoms with Gasteiger partial charge in [0.05, 0.1) is 0 Å². The highest BCUT2D eigenvalue weighted by atomic mass is 14.9. The van der Waals surface area contributed by atoms with E-state index < -0.39 is 0 Å². The summed E-state index contributed by atoms with van der Waals surface area (Å²) in [6.45, 7) is 6.68. The molecule has 21 heavy (non-hydrogen) atoms. The largest absolute Gasteiger partial charge is 0.379 e. The summed E-state index contributed by atoms with van der Waals surface area (Å²) in [5, 5.41) is 7.14. The lowest BCUT2D eigenvalue weighted by Gasteiger charge is -2.19. The van der Waals surface area contributed by atoms with E-state index in [4.69, 9.17) is 0 Å². The number of rotatable bonds is 3. The Kier molecular flexibility index (Phi) is 4.26. The molecule has 0 aromatic heterocycles. The van der Waals surface area contributed by atoms with E-state index in [0.717, 1.165) is 19.5 Å². The molecule has 2 atom stereocenters. The fourth-order valence-electron chi connectivity index (χ4n) is 3.10. The standard InChI is InChI=1S/C19H24N2/c1-14-13-20-11-10-17-8-9-18(12-19(14)17)21-15(2)16-6-4-3-5-7-16/h3-9,12,14-15,20-21H,10-11,13H2,1-2H3/t14-,15-/m1/s1. The van der Waals surface area contributed by atoms with Crippen LogP contribution in [0.1, 0.15) is 42.5 Å². The number of anilines is 1. The van der Waals surface area contributed by atoms with Crippen molar-refractivity contribution in [2.45, 2.75) is 32.2 Å². The fraction of sp³-hybridized carbons (Fsp3) is 0.368. The molecule has 110 valence electrons. The second-order valence-corrected chi connectivity index (χ2v) is 6.05. The van der Waals surface area contributed by atoms with Crippen molar-refractivity contribution in [3.05, 3.63) is 65.2 Å². The molecule has 0 radical (unpaired) electrons. The topological polar surface area (TPSA) is 24.1 Å². The predicted molar refractivity (Wildman–Crippen MR) is 89.9 cm³/mol. The molecule has 2 heteroatoms. The molecule has 0 unspecified atom stereocenters. The van der Waals surface area contributed by atoms with Gasteiger partial charge in [0.2, 0.25) is 0 Å². The number of nitrogens with one attached hydrogen (secondary N) is 2. The van der Waals surface area contributed by atoms with Crippen molar-refractivity contribution < 1.29 is 0 Å². The average Bonchev–Trinajstić information content (AvgIpc) is 2.70. The highest BCUT2D eigenvalue weighted by Gasteiger charge is 2.15. The van der Waals surface area contributed by atoms with E-state index in [1.54, 1.807) is 0 Å². The summed E-state index contributed by atoms with van der Waals surface area (Å²) < 4.78 is 0. The minimum atomic E-state index is 0.323. The first-order valence-corrected chi connectivity index (χ1v) is 7.89. The molecular weight excluding hydrogens is 256 g/mol. The number of hydrogen-bond acceptors (Lipinski definition) is 2. The summed E-state index contributed by atoms with van der Waals surface area (Å²) >= 11 is 0. The number of hydrogen-bond donors (Lipinski definition) is 2. The third-order valence-electron chi connectivity index (χ3n) is 4.38. The zero-order valence-corrected chi connectivity index (χ0v) is 12.9. The molecule has 2 aromatic carbocycles. The molecule has 2 N–H and O–H groups in total. The highest BCUT2D eigenvalue weighted by molar-refractivity contribution is 5.51. The molecule has 0 fully saturated rings. The first-order chi connectivity index (χ1) is 10.2. The zero-order valence-electron chi connectivity index (χ0n) is 12.9. The van der Waals surface area contributed by atoms with Gasteiger partial charge in [0.1, 0.15) is 0 Å². The van der Waals surface area contributed by atoms with Crippen LogP contribution in [0.5, 0.6) is 0 Å². The molecule has 0 saturated heterocycles. The summed E-state index contributed by atoms with van der Waals surface area (Å²) in [6, 6.07) is 17.8. The average molecular weight is 280 g/mol. The molecule has 0 saturated carbocycles. The number of fused-ring (bicyclic) bond motifs is 1. The fourth-order valence-corrected chi connectivity index (χ4v) is 3.10. The second kappa shape index (κ2) is 6.31. The summed E-state index contributed by atoms with van der Waals surface area (Å²) in [4.78, 5) is 0. The monoisotopic (exact) mass is 280 g/mol. The first kappa shape index (κ1) is 14.2. The lowest BCUT2D eigenvalue weighted by Crippen LogP contribution is -2.18. The van der Waals surface area contributed by atoms with Gasteiger partial charge in [-0.25, -0.2) is 0 Å². The molecule has 1 heterocycles. The van der Waals surface area contributed by atoms with Gasteiger partial charge in [0.25, 0.3) is 0 Å². The maximum Gasteiger partial charge on any atom is 0.0485 e. The summed E-state index contributed by atoms with van der Waals surface area (Å²) in [6.07, 6.45) is 1.13. The van der Waals surface area contributed by atoms with Gasteiger partial charge in [-0.2, -0.15) is 0 Å². The normalized spacial score (nSPS) is 19.4. The molecule has 2 aromatic rings. The van der Waals surface area contributed by atoms with Gasteiger partial charge in [-0.1, -0.05) is 43.3 Å². The maximum absolute atomic E-state index is 3.63. The van der Waals surface area contributed by atoms with E-state index in [1.165, 1.54) is 22.4 Å². The summed E-state index contributed by atoms with van der Waals surface area (Å²) in [5.41, 5.74) is 5.52. The van der Waals surface area contributed by atoms with Crippen LogP contribution in [0.25, 0.3) is 0 Å². The van der Waals surface area contributed by atoms with E-state index in [1.807, 2.05) is 0 Å². The molecule has 1 aliphatic heterocycles. The van der Waals surface area contributed by atoms with Crippen molar-refractivity contribution in [3.63, 3.8) is 0 Å². The third-order valence-corrected chi connectivity index (χ3v) is 4.38. The van der Waals surface area contributed by atoms with Gasteiger partial charge < -0.3 is 10.6 Å². The van der Waals surface area contributed by atoms with Crippen LogP contribution in [0.4, 0.5) is 5.69 Å². The van der Waals surface area contributed by atoms with Crippen LogP contribution in [-0.4, -0.2) is 13.1 Å². The highest BCUT2D eigenvalue weighted by Crippen LogP contribution is 2.27.